The molecule has 14 heavy (non-hydrogen) atoms. The molecule has 0 aromatic carbocycles. The lowest BCUT2D eigenvalue weighted by Crippen LogP contribution is -2.48. The van der Waals surface area contributed by atoms with Crippen LogP contribution in [0.5, 0.6) is 0 Å². The molecule has 0 aliphatic heterocycles. The van der Waals surface area contributed by atoms with E-state index in [1.165, 1.54) is 0 Å². The molecule has 78 valence electrons. The molecule has 6 nitrogen and oxygen atoms in total. The summed E-state index contributed by atoms with van der Waals surface area (Å²) in [6.45, 7) is 5.18. The smallest absolute Gasteiger partial charge is 0.239 e. The van der Waals surface area contributed by atoms with Gasteiger partial charge >= 0.3 is 0 Å². The maximum Gasteiger partial charge on any atom is 0.239 e. The lowest BCUT2D eigenvalue weighted by Gasteiger charge is -2.16. The van der Waals surface area contributed by atoms with Crippen molar-refractivity contribution in [2.75, 3.05) is 0 Å². The number of carbonyl (C=O) groups is 1. The fraction of sp³-hybridized carbons (Fsp3) is 0.625. The first-order valence-electron chi connectivity index (χ1n) is 4.26. The number of amides is 1. The van der Waals surface area contributed by atoms with E-state index in [1.54, 1.807) is 20.8 Å². The molecule has 3 N–H and O–H groups in total. The van der Waals surface area contributed by atoms with Crippen molar-refractivity contribution < 1.29 is 9.32 Å². The monoisotopic (exact) mass is 198 g/mol. The Balaban J connectivity index is 2.46. The van der Waals surface area contributed by atoms with Crippen LogP contribution in [0.1, 0.15) is 25.6 Å². The van der Waals surface area contributed by atoms with E-state index >= 15 is 0 Å². The molecule has 0 spiro atoms. The van der Waals surface area contributed by atoms with Crippen molar-refractivity contribution in [3.05, 3.63) is 11.7 Å². The molecule has 1 heterocycles. The second kappa shape index (κ2) is 3.75. The number of nitrogens with two attached hydrogens (primary N) is 1. The molecule has 1 amide bonds. The van der Waals surface area contributed by atoms with E-state index in [2.05, 4.69) is 15.5 Å². The molecule has 0 saturated carbocycles. The van der Waals surface area contributed by atoms with Crippen LogP contribution < -0.4 is 11.1 Å². The average molecular weight is 198 g/mol. The van der Waals surface area contributed by atoms with E-state index in [0.29, 0.717) is 11.7 Å². The molecule has 0 bridgehead atoms. The molecule has 0 fully saturated rings. The standard InChI is InChI=1S/C8H14N4O2/c1-5-11-6(12-14-5)4-10-7(13)8(2,3)9/h4,9H2,1-3H3,(H,10,13). The number of hydrogen-bond donors (Lipinski definition) is 2. The molecule has 1 aromatic rings. The fourth-order valence-electron chi connectivity index (χ4n) is 0.800. The second-order valence-corrected chi connectivity index (χ2v) is 3.63. The molecular formula is C8H14N4O2. The first-order chi connectivity index (χ1) is 6.39. The van der Waals surface area contributed by atoms with Crippen LogP contribution in [-0.4, -0.2) is 21.6 Å². The molecule has 6 heteroatoms. The number of aromatic nitrogens is 2. The van der Waals surface area contributed by atoms with Gasteiger partial charge in [0.15, 0.2) is 5.82 Å². The molecule has 0 saturated heterocycles. The number of nitrogens with one attached hydrogen (secondary N) is 1. The highest BCUT2D eigenvalue weighted by Gasteiger charge is 2.21. The van der Waals surface area contributed by atoms with E-state index in [4.69, 9.17) is 10.3 Å². The van der Waals surface area contributed by atoms with Crippen LogP contribution in [-0.2, 0) is 11.3 Å². The zero-order valence-corrected chi connectivity index (χ0v) is 8.50. The van der Waals surface area contributed by atoms with Gasteiger partial charge in [-0.3, -0.25) is 4.79 Å². The van der Waals surface area contributed by atoms with Crippen molar-refractivity contribution in [3.8, 4) is 0 Å². The van der Waals surface area contributed by atoms with Crippen molar-refractivity contribution in [1.29, 1.82) is 0 Å². The molecule has 1 rings (SSSR count). The minimum Gasteiger partial charge on any atom is -0.347 e. The molecule has 0 aliphatic carbocycles. The predicted molar refractivity (Wildman–Crippen MR) is 49.1 cm³/mol. The van der Waals surface area contributed by atoms with Gasteiger partial charge in [-0.1, -0.05) is 5.16 Å². The highest BCUT2D eigenvalue weighted by Crippen LogP contribution is 1.98. The SMILES string of the molecule is Cc1nc(CNC(=O)C(C)(C)N)no1. The Morgan fingerprint density at radius 1 is 1.64 bits per heavy atom. The van der Waals surface area contributed by atoms with E-state index < -0.39 is 5.54 Å². The number of rotatable bonds is 3. The molecule has 0 aliphatic rings. The molecule has 0 atom stereocenters. The number of nitrogens with zero attached hydrogens (tertiary/aromatic N) is 2. The lowest BCUT2D eigenvalue weighted by atomic mass is 10.1. The summed E-state index contributed by atoms with van der Waals surface area (Å²) >= 11 is 0. The molecule has 1 aromatic heterocycles. The summed E-state index contributed by atoms with van der Waals surface area (Å²) in [5.74, 6) is 0.668. The zero-order valence-electron chi connectivity index (χ0n) is 8.50. The maximum atomic E-state index is 11.3. The molecule has 0 unspecified atom stereocenters. The number of carbonyl (C=O) groups excluding carboxylic acids is 1. The van der Waals surface area contributed by atoms with E-state index in [-0.39, 0.29) is 12.5 Å². The van der Waals surface area contributed by atoms with Gasteiger partial charge in [0.25, 0.3) is 0 Å². The maximum absolute atomic E-state index is 11.3. The third-order valence-corrected chi connectivity index (χ3v) is 1.56. The van der Waals surface area contributed by atoms with E-state index in [0.717, 1.165) is 0 Å². The first kappa shape index (κ1) is 10.6. The van der Waals surface area contributed by atoms with Gasteiger partial charge in [0.1, 0.15) is 0 Å². The highest BCUT2D eigenvalue weighted by atomic mass is 16.5. The predicted octanol–water partition coefficient (Wildman–Crippen LogP) is -0.268. The fourth-order valence-corrected chi connectivity index (χ4v) is 0.800. The summed E-state index contributed by atoms with van der Waals surface area (Å²) in [4.78, 5) is 15.3. The van der Waals surface area contributed by atoms with Crippen molar-refractivity contribution in [1.82, 2.24) is 15.5 Å². The zero-order chi connectivity index (χ0) is 10.8. The van der Waals surface area contributed by atoms with Crippen LogP contribution in [0.3, 0.4) is 0 Å². The third-order valence-electron chi connectivity index (χ3n) is 1.56. The van der Waals surface area contributed by atoms with Gasteiger partial charge in [0, 0.05) is 6.92 Å². The van der Waals surface area contributed by atoms with Gasteiger partial charge in [0.2, 0.25) is 11.8 Å². The van der Waals surface area contributed by atoms with Gasteiger partial charge in [-0.05, 0) is 13.8 Å². The Labute approximate surface area is 81.9 Å². The van der Waals surface area contributed by atoms with E-state index in [1.807, 2.05) is 0 Å². The average Bonchev–Trinajstić information content (AvgIpc) is 2.45. The van der Waals surface area contributed by atoms with Crippen LogP contribution in [0, 0.1) is 6.92 Å². The van der Waals surface area contributed by atoms with Crippen molar-refractivity contribution in [2.45, 2.75) is 32.9 Å². The third kappa shape index (κ3) is 2.81. The second-order valence-electron chi connectivity index (χ2n) is 3.63. The van der Waals surface area contributed by atoms with Crippen LogP contribution in [0.15, 0.2) is 4.52 Å². The summed E-state index contributed by atoms with van der Waals surface area (Å²) in [5, 5.41) is 6.23. The van der Waals surface area contributed by atoms with Crippen LogP contribution in [0.25, 0.3) is 0 Å². The van der Waals surface area contributed by atoms with Crippen molar-refractivity contribution in [3.63, 3.8) is 0 Å². The minimum atomic E-state index is -0.890. The van der Waals surface area contributed by atoms with Gasteiger partial charge in [-0.2, -0.15) is 4.98 Å². The van der Waals surface area contributed by atoms with Gasteiger partial charge in [-0.25, -0.2) is 0 Å². The summed E-state index contributed by atoms with van der Waals surface area (Å²) in [6.07, 6.45) is 0. The topological polar surface area (TPSA) is 94.0 Å². The van der Waals surface area contributed by atoms with E-state index in [9.17, 15) is 4.79 Å². The van der Waals surface area contributed by atoms with Crippen LogP contribution >= 0.6 is 0 Å². The van der Waals surface area contributed by atoms with Gasteiger partial charge in [-0.15, -0.1) is 0 Å². The summed E-state index contributed by atoms with van der Waals surface area (Å²) in [6, 6.07) is 0. The summed E-state index contributed by atoms with van der Waals surface area (Å²) in [7, 11) is 0. The first-order valence-corrected chi connectivity index (χ1v) is 4.26. The lowest BCUT2D eigenvalue weighted by molar-refractivity contribution is -0.125. The molecular weight excluding hydrogens is 184 g/mol. The Hall–Kier alpha value is -1.43. The normalized spacial score (nSPS) is 11.4. The van der Waals surface area contributed by atoms with Gasteiger partial charge < -0.3 is 15.6 Å². The Bertz CT molecular complexity index is 326. The van der Waals surface area contributed by atoms with Crippen molar-refractivity contribution in [2.24, 2.45) is 5.73 Å². The summed E-state index contributed by atoms with van der Waals surface area (Å²) in [5.41, 5.74) is 4.68. The number of hydrogen-bond acceptors (Lipinski definition) is 5. The van der Waals surface area contributed by atoms with Crippen molar-refractivity contribution >= 4 is 5.91 Å². The summed E-state index contributed by atoms with van der Waals surface area (Å²) < 4.78 is 4.74. The highest BCUT2D eigenvalue weighted by molar-refractivity contribution is 5.84. The molecule has 0 radical (unpaired) electrons. The Kier molecular flexibility index (Phi) is 2.85. The quantitative estimate of drug-likeness (QED) is 0.697. The minimum absolute atomic E-state index is 0.233. The number of aryl methyl sites for hydroxylation is 1. The van der Waals surface area contributed by atoms with Crippen LogP contribution in [0.4, 0.5) is 0 Å². The van der Waals surface area contributed by atoms with Gasteiger partial charge in [0.05, 0.1) is 12.1 Å². The Morgan fingerprint density at radius 2 is 2.29 bits per heavy atom. The largest absolute Gasteiger partial charge is 0.347 e. The van der Waals surface area contributed by atoms with Crippen LogP contribution in [0.2, 0.25) is 0 Å². The Morgan fingerprint density at radius 3 is 2.71 bits per heavy atom.